The molecule has 0 fully saturated rings. The molecule has 6 aromatic carbocycles. The fraction of sp³-hybridized carbons (Fsp3) is 0. The van der Waals surface area contributed by atoms with Gasteiger partial charge in [-0.1, -0.05) is 91.0 Å². The first-order valence-electron chi connectivity index (χ1n) is 14.0. The van der Waals surface area contributed by atoms with Gasteiger partial charge in [0, 0.05) is 32.9 Å². The Morgan fingerprint density at radius 1 is 0.390 bits per heavy atom. The van der Waals surface area contributed by atoms with Crippen LogP contribution in [0.2, 0.25) is 0 Å². The molecule has 0 aliphatic heterocycles. The summed E-state index contributed by atoms with van der Waals surface area (Å²) in [6, 6.07) is 51.8. The van der Waals surface area contributed by atoms with E-state index in [-0.39, 0.29) is 0 Å². The van der Waals surface area contributed by atoms with Gasteiger partial charge in [-0.3, -0.25) is 4.57 Å². The lowest BCUT2D eigenvalue weighted by atomic mass is 10.0. The van der Waals surface area contributed by atoms with Crippen LogP contribution in [0.25, 0.3) is 77.3 Å². The predicted octanol–water partition coefficient (Wildman–Crippen LogP) is 10.3. The Kier molecular flexibility index (Phi) is 4.61. The van der Waals surface area contributed by atoms with Gasteiger partial charge < -0.3 is 8.98 Å². The van der Waals surface area contributed by atoms with E-state index in [0.29, 0.717) is 0 Å². The van der Waals surface area contributed by atoms with Gasteiger partial charge in [-0.15, -0.1) is 0 Å². The van der Waals surface area contributed by atoms with E-state index < -0.39 is 0 Å². The second kappa shape index (κ2) is 8.48. The van der Waals surface area contributed by atoms with Gasteiger partial charge in [-0.05, 0) is 65.7 Å². The highest BCUT2D eigenvalue weighted by Gasteiger charge is 2.19. The summed E-state index contributed by atoms with van der Waals surface area (Å²) in [7, 11) is 0. The quantitative estimate of drug-likeness (QED) is 0.225. The van der Waals surface area contributed by atoms with Crippen molar-refractivity contribution in [2.45, 2.75) is 0 Å². The minimum Gasteiger partial charge on any atom is -0.439 e. The highest BCUT2D eigenvalue weighted by atomic mass is 16.3. The van der Waals surface area contributed by atoms with Crippen molar-refractivity contribution in [2.75, 3.05) is 0 Å². The summed E-state index contributed by atoms with van der Waals surface area (Å²) in [5.74, 6) is 0. The first-order valence-corrected chi connectivity index (χ1v) is 14.0. The maximum Gasteiger partial charge on any atom is 0.213 e. The molecular weight excluding hydrogens is 500 g/mol. The summed E-state index contributed by atoms with van der Waals surface area (Å²) in [5, 5.41) is 6.04. The van der Waals surface area contributed by atoms with Crippen LogP contribution in [-0.4, -0.2) is 9.13 Å². The molecule has 0 spiro atoms. The molecule has 0 saturated carbocycles. The molecule has 0 saturated heterocycles. The van der Waals surface area contributed by atoms with Crippen LogP contribution >= 0.6 is 0 Å². The zero-order valence-corrected chi connectivity index (χ0v) is 22.2. The number of aromatic nitrogens is 2. The third-order valence-electron chi connectivity index (χ3n) is 8.34. The molecule has 0 radical (unpaired) electrons. The fourth-order valence-electron chi connectivity index (χ4n) is 6.51. The number of benzene rings is 6. The van der Waals surface area contributed by atoms with Crippen molar-refractivity contribution in [1.29, 1.82) is 0 Å². The predicted molar refractivity (Wildman–Crippen MR) is 170 cm³/mol. The summed E-state index contributed by atoms with van der Waals surface area (Å²) in [4.78, 5) is 0. The summed E-state index contributed by atoms with van der Waals surface area (Å²) >= 11 is 0. The van der Waals surface area contributed by atoms with Gasteiger partial charge in [0.1, 0.15) is 5.58 Å². The average molecular weight is 525 g/mol. The van der Waals surface area contributed by atoms with Crippen molar-refractivity contribution in [2.24, 2.45) is 0 Å². The molecule has 192 valence electrons. The van der Waals surface area contributed by atoms with E-state index >= 15 is 0 Å². The molecule has 0 aliphatic rings. The van der Waals surface area contributed by atoms with Crippen LogP contribution in [0, 0.1) is 0 Å². The van der Waals surface area contributed by atoms with E-state index in [1.165, 1.54) is 49.4 Å². The van der Waals surface area contributed by atoms with Gasteiger partial charge >= 0.3 is 0 Å². The van der Waals surface area contributed by atoms with Crippen molar-refractivity contribution >= 4 is 54.8 Å². The number of hydrogen-bond acceptors (Lipinski definition) is 1. The molecule has 0 aliphatic carbocycles. The maximum absolute atomic E-state index is 6.43. The van der Waals surface area contributed by atoms with Crippen LogP contribution in [0.5, 0.6) is 0 Å². The van der Waals surface area contributed by atoms with E-state index in [9.17, 15) is 0 Å². The van der Waals surface area contributed by atoms with E-state index in [0.717, 1.165) is 27.9 Å². The third kappa shape index (κ3) is 3.20. The first kappa shape index (κ1) is 22.3. The van der Waals surface area contributed by atoms with Crippen LogP contribution < -0.4 is 0 Å². The Hall–Kier alpha value is -5.54. The van der Waals surface area contributed by atoms with Gasteiger partial charge in [-0.2, -0.15) is 0 Å². The number of hydrogen-bond donors (Lipinski definition) is 0. The SMILES string of the molecule is c1ccc(-n2c3ccccc3c3cc(-c4ccc(-n5c6ccccc6c6c7ccccc7oc65)cc4)ccc32)cc1. The second-order valence-electron chi connectivity index (χ2n) is 10.6. The van der Waals surface area contributed by atoms with Crippen molar-refractivity contribution in [3.63, 3.8) is 0 Å². The van der Waals surface area contributed by atoms with Crippen molar-refractivity contribution in [3.8, 4) is 22.5 Å². The van der Waals surface area contributed by atoms with Gasteiger partial charge in [0.05, 0.1) is 21.9 Å². The maximum atomic E-state index is 6.43. The largest absolute Gasteiger partial charge is 0.439 e. The summed E-state index contributed by atoms with van der Waals surface area (Å²) < 4.78 is 11.0. The number of nitrogens with zero attached hydrogens (tertiary/aromatic N) is 2. The van der Waals surface area contributed by atoms with Crippen LogP contribution in [-0.2, 0) is 0 Å². The zero-order chi connectivity index (χ0) is 26.9. The van der Waals surface area contributed by atoms with Crippen LogP contribution in [0.3, 0.4) is 0 Å². The summed E-state index contributed by atoms with van der Waals surface area (Å²) in [6.07, 6.45) is 0. The van der Waals surface area contributed by atoms with E-state index in [4.69, 9.17) is 4.42 Å². The summed E-state index contributed by atoms with van der Waals surface area (Å²) in [5.41, 5.74) is 10.0. The molecule has 3 aromatic heterocycles. The van der Waals surface area contributed by atoms with Crippen LogP contribution in [0.1, 0.15) is 0 Å². The topological polar surface area (TPSA) is 23.0 Å². The molecular formula is C38H24N2O. The lowest BCUT2D eigenvalue weighted by Gasteiger charge is -2.09. The Balaban J connectivity index is 1.20. The normalized spacial score (nSPS) is 11.9. The average Bonchev–Trinajstić information content (AvgIpc) is 3.68. The monoisotopic (exact) mass is 524 g/mol. The second-order valence-corrected chi connectivity index (χ2v) is 10.6. The highest BCUT2D eigenvalue weighted by molar-refractivity contribution is 6.20. The smallest absolute Gasteiger partial charge is 0.213 e. The van der Waals surface area contributed by atoms with E-state index in [1.807, 2.05) is 12.1 Å². The van der Waals surface area contributed by atoms with E-state index in [1.54, 1.807) is 0 Å². The lowest BCUT2D eigenvalue weighted by molar-refractivity contribution is 0.645. The van der Waals surface area contributed by atoms with Crippen LogP contribution in [0.4, 0.5) is 0 Å². The Labute approximate surface area is 236 Å². The minimum atomic E-state index is 0.885. The molecule has 41 heavy (non-hydrogen) atoms. The summed E-state index contributed by atoms with van der Waals surface area (Å²) in [6.45, 7) is 0. The molecule has 9 rings (SSSR count). The Morgan fingerprint density at radius 2 is 0.976 bits per heavy atom. The molecule has 0 unspecified atom stereocenters. The zero-order valence-electron chi connectivity index (χ0n) is 22.2. The minimum absolute atomic E-state index is 0.885. The molecule has 3 nitrogen and oxygen atoms in total. The van der Waals surface area contributed by atoms with Gasteiger partial charge in [0.25, 0.3) is 0 Å². The highest BCUT2D eigenvalue weighted by Crippen LogP contribution is 2.39. The lowest BCUT2D eigenvalue weighted by Crippen LogP contribution is -1.93. The molecule has 0 bridgehead atoms. The molecule has 0 N–H and O–H groups in total. The Morgan fingerprint density at radius 3 is 1.78 bits per heavy atom. The molecule has 9 aromatic rings. The molecule has 3 heteroatoms. The third-order valence-corrected chi connectivity index (χ3v) is 8.34. The molecule has 0 atom stereocenters. The van der Waals surface area contributed by atoms with Crippen molar-refractivity contribution in [3.05, 3.63) is 146 Å². The van der Waals surface area contributed by atoms with Crippen molar-refractivity contribution in [1.82, 2.24) is 9.13 Å². The first-order chi connectivity index (χ1) is 20.3. The van der Waals surface area contributed by atoms with Gasteiger partial charge in [0.15, 0.2) is 0 Å². The van der Waals surface area contributed by atoms with Gasteiger partial charge in [-0.25, -0.2) is 0 Å². The van der Waals surface area contributed by atoms with E-state index in [2.05, 4.69) is 143 Å². The Bertz CT molecular complexity index is 2400. The van der Waals surface area contributed by atoms with Gasteiger partial charge in [0.2, 0.25) is 5.71 Å². The number of para-hydroxylation sites is 4. The molecule has 3 heterocycles. The number of furan rings is 1. The molecule has 0 amide bonds. The number of rotatable bonds is 3. The van der Waals surface area contributed by atoms with Crippen molar-refractivity contribution < 1.29 is 4.42 Å². The fourth-order valence-corrected chi connectivity index (χ4v) is 6.51. The standard InChI is InChI=1S/C38H24N2O/c1-2-10-27(11-3-1)39-33-15-7-4-12-29(33)32-24-26(20-23-35(32)39)25-18-21-28(22-19-25)40-34-16-8-5-13-30(34)37-31-14-6-9-17-36(31)41-38(37)40/h1-24H. The number of fused-ring (bicyclic) bond motifs is 8. The van der Waals surface area contributed by atoms with Crippen LogP contribution in [0.15, 0.2) is 150 Å².